The van der Waals surface area contributed by atoms with Crippen molar-refractivity contribution >= 4 is 45.1 Å². The number of H-pyrrole nitrogens is 1. The number of carbonyl (C=O) groups is 1. The van der Waals surface area contributed by atoms with Gasteiger partial charge in [-0.05, 0) is 38.1 Å². The smallest absolute Gasteiger partial charge is 0.246 e. The number of aromatic nitrogens is 4. The number of rotatable bonds is 4. The lowest BCUT2D eigenvalue weighted by Crippen LogP contribution is -2.54. The van der Waals surface area contributed by atoms with Gasteiger partial charge in [0.25, 0.3) is 0 Å². The zero-order valence-electron chi connectivity index (χ0n) is 18.4. The van der Waals surface area contributed by atoms with Crippen LogP contribution in [0.4, 0.5) is 5.82 Å². The topological polar surface area (TPSA) is 87.2 Å². The molecule has 1 saturated heterocycles. The number of piperazine rings is 1. The largest absolute Gasteiger partial charge is 0.454 e. The fourth-order valence-corrected chi connectivity index (χ4v) is 4.54. The number of carbonyl (C=O) groups excluding carboxylic acids is 1. The predicted octanol–water partition coefficient (Wildman–Crippen LogP) is 4.48. The van der Waals surface area contributed by atoms with Crippen LogP contribution in [0.15, 0.2) is 49.4 Å². The lowest BCUT2D eigenvalue weighted by molar-refractivity contribution is -0.128. The number of hydrogen-bond acceptors (Lipinski definition) is 6. The SMILES string of the molecule is C=CC(=O)N1CCN(c2ncnc3c(Oc4c(C)c(Cl)cc5[nH]ncc45)cccc23)C[C@@H]1C. The van der Waals surface area contributed by atoms with Crippen LogP contribution in [0.2, 0.25) is 5.02 Å². The van der Waals surface area contributed by atoms with E-state index in [-0.39, 0.29) is 11.9 Å². The molecule has 3 heterocycles. The van der Waals surface area contributed by atoms with Crippen molar-refractivity contribution in [3.63, 3.8) is 0 Å². The van der Waals surface area contributed by atoms with Crippen LogP contribution in [0.1, 0.15) is 12.5 Å². The number of nitrogens with one attached hydrogen (secondary N) is 1. The molecule has 9 heteroatoms. The second-order valence-corrected chi connectivity index (χ2v) is 8.53. The summed E-state index contributed by atoms with van der Waals surface area (Å²) in [5.74, 6) is 2.02. The number of ether oxygens (including phenoxy) is 1. The number of anilines is 1. The fraction of sp³-hybridized carbons (Fsp3) is 0.250. The maximum absolute atomic E-state index is 12.1. The van der Waals surface area contributed by atoms with Gasteiger partial charge in [-0.1, -0.05) is 24.2 Å². The summed E-state index contributed by atoms with van der Waals surface area (Å²) in [4.78, 5) is 25.2. The monoisotopic (exact) mass is 462 g/mol. The lowest BCUT2D eigenvalue weighted by atomic mass is 10.1. The van der Waals surface area contributed by atoms with Gasteiger partial charge in [-0.25, -0.2) is 9.97 Å². The van der Waals surface area contributed by atoms with Gasteiger partial charge < -0.3 is 14.5 Å². The molecule has 0 radical (unpaired) electrons. The van der Waals surface area contributed by atoms with Gasteiger partial charge in [-0.2, -0.15) is 5.10 Å². The van der Waals surface area contributed by atoms with E-state index in [9.17, 15) is 4.79 Å². The molecule has 0 spiro atoms. The first-order valence-electron chi connectivity index (χ1n) is 10.7. The summed E-state index contributed by atoms with van der Waals surface area (Å²) < 4.78 is 6.38. The first kappa shape index (κ1) is 21.2. The van der Waals surface area contributed by atoms with Crippen molar-refractivity contribution < 1.29 is 9.53 Å². The van der Waals surface area contributed by atoms with Crippen LogP contribution in [0.5, 0.6) is 11.5 Å². The Morgan fingerprint density at radius 1 is 1.30 bits per heavy atom. The van der Waals surface area contributed by atoms with Gasteiger partial charge in [-0.15, -0.1) is 0 Å². The zero-order chi connectivity index (χ0) is 23.1. The summed E-state index contributed by atoms with van der Waals surface area (Å²) >= 11 is 6.42. The molecule has 8 nitrogen and oxygen atoms in total. The Kier molecular flexibility index (Phi) is 5.38. The molecular formula is C24H23ClN6O2. The second kappa shape index (κ2) is 8.37. The number of halogens is 1. The molecule has 1 aliphatic heterocycles. The van der Waals surface area contributed by atoms with Crippen molar-refractivity contribution in [2.24, 2.45) is 0 Å². The maximum Gasteiger partial charge on any atom is 0.246 e. The Hall–Kier alpha value is -3.65. The highest BCUT2D eigenvalue weighted by Crippen LogP contribution is 2.39. The van der Waals surface area contributed by atoms with Gasteiger partial charge in [0.1, 0.15) is 23.4 Å². The third-order valence-corrected chi connectivity index (χ3v) is 6.48. The average Bonchev–Trinajstić information content (AvgIpc) is 3.29. The molecule has 2 aromatic heterocycles. The fourth-order valence-electron chi connectivity index (χ4n) is 4.35. The summed E-state index contributed by atoms with van der Waals surface area (Å²) in [6, 6.07) is 7.68. The molecule has 1 fully saturated rings. The van der Waals surface area contributed by atoms with Crippen molar-refractivity contribution in [2.45, 2.75) is 19.9 Å². The molecule has 0 bridgehead atoms. The number of aromatic amines is 1. The van der Waals surface area contributed by atoms with E-state index in [1.165, 1.54) is 6.08 Å². The maximum atomic E-state index is 12.1. The Morgan fingerprint density at radius 2 is 2.15 bits per heavy atom. The van der Waals surface area contributed by atoms with E-state index in [0.717, 1.165) is 27.7 Å². The van der Waals surface area contributed by atoms with E-state index in [0.29, 0.717) is 41.7 Å². The Bertz CT molecular complexity index is 1380. The van der Waals surface area contributed by atoms with Crippen molar-refractivity contribution in [3.8, 4) is 11.5 Å². The highest BCUT2D eigenvalue weighted by atomic mass is 35.5. The van der Waals surface area contributed by atoms with Gasteiger partial charge in [0.05, 0.1) is 17.1 Å². The van der Waals surface area contributed by atoms with Gasteiger partial charge >= 0.3 is 0 Å². The molecule has 0 saturated carbocycles. The van der Waals surface area contributed by atoms with Crippen LogP contribution in [-0.2, 0) is 4.79 Å². The number of para-hydroxylation sites is 1. The van der Waals surface area contributed by atoms with Gasteiger partial charge in [0.2, 0.25) is 5.91 Å². The minimum Gasteiger partial charge on any atom is -0.454 e. The minimum absolute atomic E-state index is 0.0391. The van der Waals surface area contributed by atoms with Crippen molar-refractivity contribution in [1.29, 1.82) is 0 Å². The van der Waals surface area contributed by atoms with Gasteiger partial charge in [0, 0.05) is 41.6 Å². The van der Waals surface area contributed by atoms with Crippen LogP contribution in [0.3, 0.4) is 0 Å². The van der Waals surface area contributed by atoms with E-state index in [4.69, 9.17) is 16.3 Å². The van der Waals surface area contributed by atoms with E-state index in [1.807, 2.05) is 43.0 Å². The van der Waals surface area contributed by atoms with Crippen molar-refractivity contribution in [1.82, 2.24) is 25.1 Å². The Morgan fingerprint density at radius 3 is 2.94 bits per heavy atom. The number of nitrogens with zero attached hydrogens (tertiary/aromatic N) is 5. The number of benzene rings is 2. The first-order valence-corrected chi connectivity index (χ1v) is 11.1. The quantitative estimate of drug-likeness (QED) is 0.450. The zero-order valence-corrected chi connectivity index (χ0v) is 19.1. The normalized spacial score (nSPS) is 16.4. The third kappa shape index (κ3) is 3.66. The van der Waals surface area contributed by atoms with E-state index in [1.54, 1.807) is 12.5 Å². The Balaban J connectivity index is 1.53. The molecule has 0 unspecified atom stereocenters. The number of amides is 1. The predicted molar refractivity (Wildman–Crippen MR) is 129 cm³/mol. The molecular weight excluding hydrogens is 440 g/mol. The molecule has 168 valence electrons. The van der Waals surface area contributed by atoms with Crippen molar-refractivity contribution in [3.05, 3.63) is 60.0 Å². The van der Waals surface area contributed by atoms with Crippen LogP contribution in [0.25, 0.3) is 21.8 Å². The van der Waals surface area contributed by atoms with Crippen molar-refractivity contribution in [2.75, 3.05) is 24.5 Å². The summed E-state index contributed by atoms with van der Waals surface area (Å²) in [6.45, 7) is 9.50. The molecule has 2 aromatic carbocycles. The molecule has 1 amide bonds. The summed E-state index contributed by atoms with van der Waals surface area (Å²) in [5.41, 5.74) is 2.33. The van der Waals surface area contributed by atoms with Crippen LogP contribution >= 0.6 is 11.6 Å². The number of fused-ring (bicyclic) bond motifs is 2. The summed E-state index contributed by atoms with van der Waals surface area (Å²) in [5, 5.41) is 9.39. The van der Waals surface area contributed by atoms with Gasteiger partial charge in [0.15, 0.2) is 5.75 Å². The highest BCUT2D eigenvalue weighted by molar-refractivity contribution is 6.32. The van der Waals surface area contributed by atoms with Gasteiger partial charge in [-0.3, -0.25) is 9.89 Å². The molecule has 33 heavy (non-hydrogen) atoms. The van der Waals surface area contributed by atoms with Crippen LogP contribution in [0, 0.1) is 6.92 Å². The Labute approximate surface area is 195 Å². The summed E-state index contributed by atoms with van der Waals surface area (Å²) in [7, 11) is 0. The minimum atomic E-state index is -0.0483. The standard InChI is InChI=1S/C24H23ClN6O2/c1-4-21(32)31-9-8-30(12-14(31)2)24-16-6-5-7-20(22(16)26-13-27-24)33-23-15(3)18(25)10-19-17(23)11-28-29-19/h4-7,10-11,13-14H,1,8-9,12H2,2-3H3,(H,28,29)/t14-/m0/s1. The average molecular weight is 463 g/mol. The highest BCUT2D eigenvalue weighted by Gasteiger charge is 2.28. The molecule has 4 aromatic rings. The first-order chi connectivity index (χ1) is 16.0. The second-order valence-electron chi connectivity index (χ2n) is 8.13. The van der Waals surface area contributed by atoms with E-state index in [2.05, 4.69) is 31.6 Å². The van der Waals surface area contributed by atoms with E-state index < -0.39 is 0 Å². The molecule has 5 rings (SSSR count). The van der Waals surface area contributed by atoms with Crippen LogP contribution in [-0.4, -0.2) is 56.6 Å². The molecule has 1 atom stereocenters. The van der Waals surface area contributed by atoms with Crippen LogP contribution < -0.4 is 9.64 Å². The molecule has 0 aliphatic carbocycles. The summed E-state index contributed by atoms with van der Waals surface area (Å²) in [6.07, 6.45) is 4.64. The number of hydrogen-bond donors (Lipinski definition) is 1. The lowest BCUT2D eigenvalue weighted by Gasteiger charge is -2.40. The van der Waals surface area contributed by atoms with E-state index >= 15 is 0 Å². The third-order valence-electron chi connectivity index (χ3n) is 6.09. The molecule has 1 N–H and O–H groups in total. The molecule has 1 aliphatic rings.